The molecule has 1 saturated carbocycles. The summed E-state index contributed by atoms with van der Waals surface area (Å²) >= 11 is 0. The van der Waals surface area contributed by atoms with Crippen LogP contribution in [-0.4, -0.2) is 0 Å². The Morgan fingerprint density at radius 1 is 1.24 bits per heavy atom. The van der Waals surface area contributed by atoms with Crippen LogP contribution >= 0.6 is 12.4 Å². The fourth-order valence-electron chi connectivity index (χ4n) is 1.81. The highest BCUT2D eigenvalue weighted by molar-refractivity contribution is 5.85. The summed E-state index contributed by atoms with van der Waals surface area (Å²) in [4.78, 5) is 0. The second-order valence-electron chi connectivity index (χ2n) is 4.06. The third-order valence-electron chi connectivity index (χ3n) is 2.82. The van der Waals surface area contributed by atoms with Crippen molar-refractivity contribution in [1.82, 2.24) is 0 Å². The fourth-order valence-corrected chi connectivity index (χ4v) is 1.81. The van der Waals surface area contributed by atoms with Crippen LogP contribution in [0.5, 0.6) is 0 Å². The molecule has 0 radical (unpaired) electrons. The molecule has 17 heavy (non-hydrogen) atoms. The van der Waals surface area contributed by atoms with Crippen LogP contribution in [0.3, 0.4) is 0 Å². The predicted octanol–water partition coefficient (Wildman–Crippen LogP) is 3.68. The molecule has 1 aliphatic carbocycles. The molecule has 1 aliphatic rings. The van der Waals surface area contributed by atoms with Crippen LogP contribution in [0.15, 0.2) is 18.2 Å². The lowest BCUT2D eigenvalue weighted by Gasteiger charge is -2.18. The SMILES string of the molecule is Cl.N[C@H](c1c(F)cccc1C(F)(F)F)C1CC1. The van der Waals surface area contributed by atoms with Crippen molar-refractivity contribution in [1.29, 1.82) is 0 Å². The number of hydrogen-bond acceptors (Lipinski definition) is 1. The van der Waals surface area contributed by atoms with Crippen LogP contribution in [0.2, 0.25) is 0 Å². The first-order valence-electron chi connectivity index (χ1n) is 5.02. The molecule has 0 aliphatic heterocycles. The zero-order chi connectivity index (χ0) is 11.9. The standard InChI is InChI=1S/C11H11F4N.ClH/c12-8-3-1-2-7(11(13,14)15)9(8)10(16)6-4-5-6;/h1-3,6,10H,4-5,16H2;1H/t10-;/m0./s1. The average molecular weight is 270 g/mol. The van der Waals surface area contributed by atoms with Gasteiger partial charge in [0.25, 0.3) is 0 Å². The zero-order valence-corrected chi connectivity index (χ0v) is 9.61. The van der Waals surface area contributed by atoms with E-state index in [9.17, 15) is 17.6 Å². The lowest BCUT2D eigenvalue weighted by molar-refractivity contribution is -0.138. The Labute approximate surface area is 102 Å². The minimum absolute atomic E-state index is 0. The highest BCUT2D eigenvalue weighted by Crippen LogP contribution is 2.44. The van der Waals surface area contributed by atoms with E-state index < -0.39 is 29.2 Å². The highest BCUT2D eigenvalue weighted by atomic mass is 35.5. The number of nitrogens with two attached hydrogens (primary N) is 1. The topological polar surface area (TPSA) is 26.0 Å². The summed E-state index contributed by atoms with van der Waals surface area (Å²) < 4.78 is 51.4. The van der Waals surface area contributed by atoms with Gasteiger partial charge in [0.05, 0.1) is 5.56 Å². The van der Waals surface area contributed by atoms with Gasteiger partial charge in [-0.05, 0) is 30.9 Å². The Balaban J connectivity index is 0.00000144. The average Bonchev–Trinajstić information content (AvgIpc) is 2.98. The number of alkyl halides is 3. The van der Waals surface area contributed by atoms with E-state index in [4.69, 9.17) is 5.73 Å². The molecule has 1 nitrogen and oxygen atoms in total. The van der Waals surface area contributed by atoms with Crippen molar-refractivity contribution in [3.63, 3.8) is 0 Å². The van der Waals surface area contributed by atoms with Gasteiger partial charge >= 0.3 is 6.18 Å². The van der Waals surface area contributed by atoms with Crippen molar-refractivity contribution in [3.05, 3.63) is 35.1 Å². The van der Waals surface area contributed by atoms with Gasteiger partial charge in [-0.1, -0.05) is 6.07 Å². The van der Waals surface area contributed by atoms with E-state index in [-0.39, 0.29) is 18.3 Å². The van der Waals surface area contributed by atoms with E-state index in [2.05, 4.69) is 0 Å². The lowest BCUT2D eigenvalue weighted by atomic mass is 9.96. The van der Waals surface area contributed by atoms with Crippen molar-refractivity contribution >= 4 is 12.4 Å². The summed E-state index contributed by atoms with van der Waals surface area (Å²) in [5.74, 6) is -0.882. The Kier molecular flexibility index (Phi) is 4.04. The van der Waals surface area contributed by atoms with E-state index in [0.29, 0.717) is 0 Å². The minimum atomic E-state index is -4.55. The predicted molar refractivity (Wildman–Crippen MR) is 58.3 cm³/mol. The van der Waals surface area contributed by atoms with Crippen molar-refractivity contribution in [3.8, 4) is 0 Å². The van der Waals surface area contributed by atoms with E-state index in [1.165, 1.54) is 0 Å². The highest BCUT2D eigenvalue weighted by Gasteiger charge is 2.40. The number of rotatable bonds is 2. The molecule has 1 aromatic carbocycles. The molecule has 1 aromatic rings. The summed E-state index contributed by atoms with van der Waals surface area (Å²) in [6, 6.07) is 2.10. The van der Waals surface area contributed by atoms with Crippen LogP contribution in [0.25, 0.3) is 0 Å². The van der Waals surface area contributed by atoms with E-state index in [1.807, 2.05) is 0 Å². The van der Waals surface area contributed by atoms with Crippen LogP contribution in [0.4, 0.5) is 17.6 Å². The quantitative estimate of drug-likeness (QED) is 0.815. The van der Waals surface area contributed by atoms with Crippen LogP contribution in [-0.2, 0) is 6.18 Å². The molecule has 0 heterocycles. The van der Waals surface area contributed by atoms with Gasteiger partial charge in [-0.3, -0.25) is 0 Å². The fraction of sp³-hybridized carbons (Fsp3) is 0.455. The summed E-state index contributed by atoms with van der Waals surface area (Å²) in [5.41, 5.74) is 4.32. The molecule has 2 rings (SSSR count). The molecule has 0 spiro atoms. The molecule has 6 heteroatoms. The molecule has 0 bridgehead atoms. The monoisotopic (exact) mass is 269 g/mol. The Bertz CT molecular complexity index is 401. The van der Waals surface area contributed by atoms with Crippen LogP contribution in [0.1, 0.15) is 30.0 Å². The summed E-state index contributed by atoms with van der Waals surface area (Å²) in [6.07, 6.45) is -3.01. The van der Waals surface area contributed by atoms with Gasteiger partial charge in [-0.25, -0.2) is 4.39 Å². The van der Waals surface area contributed by atoms with Gasteiger partial charge in [0, 0.05) is 11.6 Å². The zero-order valence-electron chi connectivity index (χ0n) is 8.80. The number of hydrogen-bond donors (Lipinski definition) is 1. The van der Waals surface area contributed by atoms with E-state index in [1.54, 1.807) is 0 Å². The van der Waals surface area contributed by atoms with Gasteiger partial charge in [0.2, 0.25) is 0 Å². The van der Waals surface area contributed by atoms with Crippen LogP contribution < -0.4 is 5.73 Å². The first-order valence-corrected chi connectivity index (χ1v) is 5.02. The van der Waals surface area contributed by atoms with E-state index in [0.717, 1.165) is 31.0 Å². The molecule has 0 aromatic heterocycles. The van der Waals surface area contributed by atoms with Gasteiger partial charge in [-0.15, -0.1) is 12.4 Å². The normalized spacial score (nSPS) is 17.5. The smallest absolute Gasteiger partial charge is 0.324 e. The molecular formula is C11H12ClF4N. The second-order valence-corrected chi connectivity index (χ2v) is 4.06. The number of halogens is 5. The van der Waals surface area contributed by atoms with Gasteiger partial charge < -0.3 is 5.73 Å². The van der Waals surface area contributed by atoms with Gasteiger partial charge in [0.1, 0.15) is 5.82 Å². The van der Waals surface area contributed by atoms with Crippen molar-refractivity contribution in [2.24, 2.45) is 11.7 Å². The Morgan fingerprint density at radius 2 is 1.82 bits per heavy atom. The third kappa shape index (κ3) is 2.90. The molecule has 2 N–H and O–H groups in total. The molecular weight excluding hydrogens is 258 g/mol. The Morgan fingerprint density at radius 3 is 2.29 bits per heavy atom. The van der Waals surface area contributed by atoms with Crippen LogP contribution in [0, 0.1) is 11.7 Å². The molecule has 0 unspecified atom stereocenters. The largest absolute Gasteiger partial charge is 0.416 e. The maximum Gasteiger partial charge on any atom is 0.416 e. The van der Waals surface area contributed by atoms with Gasteiger partial charge in [-0.2, -0.15) is 13.2 Å². The minimum Gasteiger partial charge on any atom is -0.324 e. The van der Waals surface area contributed by atoms with Crippen molar-refractivity contribution < 1.29 is 17.6 Å². The molecule has 96 valence electrons. The first-order chi connectivity index (χ1) is 7.41. The lowest BCUT2D eigenvalue weighted by Crippen LogP contribution is -2.20. The van der Waals surface area contributed by atoms with Crippen molar-refractivity contribution in [2.75, 3.05) is 0 Å². The Hall–Kier alpha value is -0.810. The summed E-state index contributed by atoms with van der Waals surface area (Å²) in [6.45, 7) is 0. The molecule has 0 saturated heterocycles. The molecule has 1 fully saturated rings. The summed E-state index contributed by atoms with van der Waals surface area (Å²) in [7, 11) is 0. The maximum absolute atomic E-state index is 13.4. The summed E-state index contributed by atoms with van der Waals surface area (Å²) in [5, 5.41) is 0. The number of benzene rings is 1. The van der Waals surface area contributed by atoms with Crippen molar-refractivity contribution in [2.45, 2.75) is 25.1 Å². The van der Waals surface area contributed by atoms with Gasteiger partial charge in [0.15, 0.2) is 0 Å². The first kappa shape index (κ1) is 14.3. The van der Waals surface area contributed by atoms with E-state index >= 15 is 0 Å². The molecule has 1 atom stereocenters. The molecule has 0 amide bonds. The second kappa shape index (κ2) is 4.82. The third-order valence-corrected chi connectivity index (χ3v) is 2.82. The maximum atomic E-state index is 13.4.